The van der Waals surface area contributed by atoms with Crippen LogP contribution in [0.3, 0.4) is 0 Å². The van der Waals surface area contributed by atoms with E-state index in [0.717, 1.165) is 41.5 Å². The third-order valence-electron chi connectivity index (χ3n) is 3.51. The molecule has 2 aromatic rings. The summed E-state index contributed by atoms with van der Waals surface area (Å²) < 4.78 is 5.24. The third-order valence-corrected chi connectivity index (χ3v) is 3.51. The molecule has 0 saturated heterocycles. The van der Waals surface area contributed by atoms with Gasteiger partial charge in [-0.05, 0) is 33.1 Å². The number of nitrogens with one attached hydrogen (secondary N) is 1. The molecule has 21 heavy (non-hydrogen) atoms. The van der Waals surface area contributed by atoms with Crippen LogP contribution in [-0.2, 0) is 0 Å². The molecule has 0 bridgehead atoms. The summed E-state index contributed by atoms with van der Waals surface area (Å²) in [5.41, 5.74) is 3.91. The van der Waals surface area contributed by atoms with Crippen LogP contribution < -0.4 is 5.32 Å². The maximum atomic E-state index is 5.24. The van der Waals surface area contributed by atoms with Crippen LogP contribution in [0.15, 0.2) is 4.52 Å². The highest BCUT2D eigenvalue weighted by Gasteiger charge is 2.19. The molecule has 0 aliphatic rings. The van der Waals surface area contributed by atoms with Crippen molar-refractivity contribution in [3.63, 3.8) is 0 Å². The summed E-state index contributed by atoms with van der Waals surface area (Å²) in [5, 5.41) is 7.42. The zero-order valence-corrected chi connectivity index (χ0v) is 13.7. The van der Waals surface area contributed by atoms with E-state index in [0.29, 0.717) is 11.7 Å². The van der Waals surface area contributed by atoms with E-state index < -0.39 is 0 Å². The minimum atomic E-state index is 0.378. The van der Waals surface area contributed by atoms with E-state index in [9.17, 15) is 0 Å². The minimum Gasteiger partial charge on any atom is -0.370 e. The number of anilines is 1. The fourth-order valence-corrected chi connectivity index (χ4v) is 2.56. The second-order valence-corrected chi connectivity index (χ2v) is 5.68. The monoisotopic (exact) mass is 288 g/mol. The molecule has 0 amide bonds. The normalized spacial score (nSPS) is 11.2. The van der Waals surface area contributed by atoms with Gasteiger partial charge in [-0.15, -0.1) is 0 Å². The molecule has 114 valence electrons. The van der Waals surface area contributed by atoms with Crippen LogP contribution in [0.5, 0.6) is 0 Å². The van der Waals surface area contributed by atoms with Gasteiger partial charge in [0.1, 0.15) is 11.6 Å². The maximum Gasteiger partial charge on any atom is 0.167 e. The van der Waals surface area contributed by atoms with Crippen molar-refractivity contribution < 1.29 is 4.52 Å². The molecular formula is C16H24N4O. The molecular weight excluding hydrogens is 264 g/mol. The van der Waals surface area contributed by atoms with E-state index in [1.165, 1.54) is 5.56 Å². The van der Waals surface area contributed by atoms with Gasteiger partial charge in [-0.2, -0.15) is 0 Å². The molecule has 2 heterocycles. The second kappa shape index (κ2) is 6.24. The summed E-state index contributed by atoms with van der Waals surface area (Å²) in [6.45, 7) is 13.2. The maximum absolute atomic E-state index is 5.24. The van der Waals surface area contributed by atoms with E-state index in [1.54, 1.807) is 0 Å². The molecule has 0 fully saturated rings. The summed E-state index contributed by atoms with van der Waals surface area (Å²) in [7, 11) is 0. The molecule has 0 atom stereocenters. The van der Waals surface area contributed by atoms with E-state index >= 15 is 0 Å². The molecule has 2 rings (SSSR count). The van der Waals surface area contributed by atoms with Crippen LogP contribution in [0.4, 0.5) is 5.82 Å². The Bertz CT molecular complexity index is 612. The quantitative estimate of drug-likeness (QED) is 0.900. The van der Waals surface area contributed by atoms with Gasteiger partial charge in [0, 0.05) is 17.8 Å². The molecule has 1 N–H and O–H groups in total. The van der Waals surface area contributed by atoms with Crippen LogP contribution in [0, 0.1) is 20.8 Å². The van der Waals surface area contributed by atoms with Crippen LogP contribution >= 0.6 is 0 Å². The molecule has 2 aromatic heterocycles. The lowest BCUT2D eigenvalue weighted by molar-refractivity contribution is 0.393. The van der Waals surface area contributed by atoms with Crippen LogP contribution in [0.25, 0.3) is 11.4 Å². The second-order valence-electron chi connectivity index (χ2n) is 5.68. The topological polar surface area (TPSA) is 63.8 Å². The van der Waals surface area contributed by atoms with Gasteiger partial charge in [0.15, 0.2) is 5.82 Å². The fourth-order valence-electron chi connectivity index (χ4n) is 2.56. The first kappa shape index (κ1) is 15.5. The molecule has 0 aliphatic heterocycles. The molecule has 5 nitrogen and oxygen atoms in total. The van der Waals surface area contributed by atoms with Gasteiger partial charge < -0.3 is 9.84 Å². The van der Waals surface area contributed by atoms with Crippen LogP contribution in [-0.4, -0.2) is 21.7 Å². The summed E-state index contributed by atoms with van der Waals surface area (Å²) in [5.74, 6) is 2.75. The molecule has 0 aromatic carbocycles. The summed E-state index contributed by atoms with van der Waals surface area (Å²) in [6, 6.07) is 0. The molecule has 0 aliphatic carbocycles. The van der Waals surface area contributed by atoms with Gasteiger partial charge in [-0.3, -0.25) is 0 Å². The Morgan fingerprint density at radius 1 is 1.10 bits per heavy atom. The van der Waals surface area contributed by atoms with Crippen molar-refractivity contribution in [2.24, 2.45) is 0 Å². The molecule has 0 radical (unpaired) electrons. The van der Waals surface area contributed by atoms with Gasteiger partial charge in [-0.25, -0.2) is 9.97 Å². The number of aryl methyl sites for hydroxylation is 3. The first-order valence-corrected chi connectivity index (χ1v) is 7.51. The summed E-state index contributed by atoms with van der Waals surface area (Å²) in [4.78, 5) is 9.41. The van der Waals surface area contributed by atoms with Crippen molar-refractivity contribution in [2.75, 3.05) is 11.9 Å². The zero-order chi connectivity index (χ0) is 15.6. The third kappa shape index (κ3) is 3.06. The van der Waals surface area contributed by atoms with Crippen molar-refractivity contribution in [1.29, 1.82) is 0 Å². The standard InChI is InChI=1S/C16H24N4O/c1-7-8-17-15-13(9(2)3)10(4)18-16(19-15)14-11(5)20-21-12(14)6/h9H,7-8H2,1-6H3,(H,17,18,19). The van der Waals surface area contributed by atoms with Crippen molar-refractivity contribution in [3.05, 3.63) is 22.7 Å². The number of rotatable bonds is 5. The fraction of sp³-hybridized carbons (Fsp3) is 0.562. The van der Waals surface area contributed by atoms with Gasteiger partial charge >= 0.3 is 0 Å². The highest BCUT2D eigenvalue weighted by atomic mass is 16.5. The van der Waals surface area contributed by atoms with E-state index in [-0.39, 0.29) is 0 Å². The first-order chi connectivity index (χ1) is 9.95. The molecule has 0 saturated carbocycles. The lowest BCUT2D eigenvalue weighted by Gasteiger charge is -2.17. The summed E-state index contributed by atoms with van der Waals surface area (Å²) >= 11 is 0. The predicted molar refractivity (Wildman–Crippen MR) is 84.6 cm³/mol. The zero-order valence-electron chi connectivity index (χ0n) is 13.7. The number of aromatic nitrogens is 3. The SMILES string of the molecule is CCCNc1nc(-c2c(C)noc2C)nc(C)c1C(C)C. The van der Waals surface area contributed by atoms with E-state index in [1.807, 2.05) is 20.8 Å². The number of nitrogens with zero attached hydrogens (tertiary/aromatic N) is 3. The Labute approximate surface area is 126 Å². The van der Waals surface area contributed by atoms with Gasteiger partial charge in [-0.1, -0.05) is 25.9 Å². The highest BCUT2D eigenvalue weighted by Crippen LogP contribution is 2.30. The lowest BCUT2D eigenvalue weighted by Crippen LogP contribution is -2.11. The van der Waals surface area contributed by atoms with E-state index in [4.69, 9.17) is 9.51 Å². The van der Waals surface area contributed by atoms with Crippen molar-refractivity contribution in [3.8, 4) is 11.4 Å². The molecule has 0 unspecified atom stereocenters. The van der Waals surface area contributed by atoms with E-state index in [2.05, 4.69) is 36.2 Å². The Morgan fingerprint density at radius 3 is 2.33 bits per heavy atom. The smallest absolute Gasteiger partial charge is 0.167 e. The van der Waals surface area contributed by atoms with Crippen LogP contribution in [0.2, 0.25) is 0 Å². The van der Waals surface area contributed by atoms with Gasteiger partial charge in [0.25, 0.3) is 0 Å². The molecule has 0 spiro atoms. The first-order valence-electron chi connectivity index (χ1n) is 7.51. The van der Waals surface area contributed by atoms with Gasteiger partial charge in [0.2, 0.25) is 0 Å². The van der Waals surface area contributed by atoms with Crippen LogP contribution in [0.1, 0.15) is 55.8 Å². The van der Waals surface area contributed by atoms with Crippen molar-refractivity contribution in [2.45, 2.75) is 53.9 Å². The average Bonchev–Trinajstić information content (AvgIpc) is 2.74. The highest BCUT2D eigenvalue weighted by molar-refractivity contribution is 5.63. The summed E-state index contributed by atoms with van der Waals surface area (Å²) in [6.07, 6.45) is 1.06. The number of hydrogen-bond acceptors (Lipinski definition) is 5. The van der Waals surface area contributed by atoms with Crippen molar-refractivity contribution >= 4 is 5.82 Å². The lowest BCUT2D eigenvalue weighted by atomic mass is 10.0. The molecule has 5 heteroatoms. The predicted octanol–water partition coefficient (Wildman–Crippen LogP) is 4.00. The Hall–Kier alpha value is -1.91. The van der Waals surface area contributed by atoms with Gasteiger partial charge in [0.05, 0.1) is 11.3 Å². The Kier molecular flexibility index (Phi) is 4.60. The Morgan fingerprint density at radius 2 is 1.81 bits per heavy atom. The minimum absolute atomic E-state index is 0.378. The average molecular weight is 288 g/mol. The largest absolute Gasteiger partial charge is 0.370 e. The number of hydrogen-bond donors (Lipinski definition) is 1. The Balaban J connectivity index is 2.57. The van der Waals surface area contributed by atoms with Crippen molar-refractivity contribution in [1.82, 2.24) is 15.1 Å².